The van der Waals surface area contributed by atoms with E-state index < -0.39 is 12.1 Å². The van der Waals surface area contributed by atoms with Crippen LogP contribution in [0.1, 0.15) is 24.2 Å². The first-order valence-corrected chi connectivity index (χ1v) is 10.5. The lowest BCUT2D eigenvalue weighted by atomic mass is 10.1. The number of hydrogen-bond donors (Lipinski definition) is 1. The van der Waals surface area contributed by atoms with Crippen LogP contribution in [0.4, 0.5) is 10.5 Å². The van der Waals surface area contributed by atoms with E-state index in [1.54, 1.807) is 18.3 Å². The summed E-state index contributed by atoms with van der Waals surface area (Å²) in [6, 6.07) is 5.99. The number of carboxylic acid groups (broad SMARTS) is 1. The maximum absolute atomic E-state index is 13.2. The second kappa shape index (κ2) is 8.48. The van der Waals surface area contributed by atoms with Crippen LogP contribution < -0.4 is 9.64 Å². The van der Waals surface area contributed by atoms with Gasteiger partial charge in [0.2, 0.25) is 5.06 Å². The maximum atomic E-state index is 13.2. The number of ether oxygens (including phenoxy) is 1. The minimum Gasteiger partial charge on any atom is -0.449 e. The topological polar surface area (TPSA) is 79.7 Å². The van der Waals surface area contributed by atoms with Gasteiger partial charge in [0.15, 0.2) is 0 Å². The van der Waals surface area contributed by atoms with Crippen molar-refractivity contribution in [1.82, 2.24) is 4.98 Å². The number of amides is 1. The highest BCUT2D eigenvalue weighted by atomic mass is 35.5. The van der Waals surface area contributed by atoms with Crippen LogP contribution in [0.5, 0.6) is 5.06 Å². The van der Waals surface area contributed by atoms with Gasteiger partial charge in [-0.2, -0.15) is 0 Å². The molecule has 0 aliphatic heterocycles. The minimum atomic E-state index is -1.46. The molecule has 2 aromatic heterocycles. The molecule has 1 amide bonds. The van der Waals surface area contributed by atoms with E-state index in [-0.39, 0.29) is 21.7 Å². The van der Waals surface area contributed by atoms with Gasteiger partial charge in [-0.1, -0.05) is 34.5 Å². The van der Waals surface area contributed by atoms with Crippen LogP contribution in [-0.4, -0.2) is 28.2 Å². The molecule has 0 aliphatic rings. The van der Waals surface area contributed by atoms with Crippen molar-refractivity contribution in [2.45, 2.75) is 19.9 Å². The number of thiophene rings is 1. The molecule has 1 aromatic carbocycles. The zero-order chi connectivity index (χ0) is 20.4. The predicted molar refractivity (Wildman–Crippen MR) is 112 cm³/mol. The lowest BCUT2D eigenvalue weighted by Crippen LogP contribution is -2.37. The fraction of sp³-hybridized carbons (Fsp3) is 0.167. The quantitative estimate of drug-likeness (QED) is 0.456. The van der Waals surface area contributed by atoms with Crippen LogP contribution in [0, 0.1) is 0 Å². The second-order valence-electron chi connectivity index (χ2n) is 5.88. The number of hydrogen-bond acceptors (Lipinski definition) is 6. The van der Waals surface area contributed by atoms with Crippen LogP contribution in [0.15, 0.2) is 35.8 Å². The van der Waals surface area contributed by atoms with Crippen molar-refractivity contribution in [2.24, 2.45) is 0 Å². The first kappa shape index (κ1) is 20.6. The van der Waals surface area contributed by atoms with Crippen LogP contribution in [0.25, 0.3) is 9.88 Å². The lowest BCUT2D eigenvalue weighted by Gasteiger charge is -2.27. The van der Waals surface area contributed by atoms with E-state index in [4.69, 9.17) is 33.0 Å². The second-order valence-corrected chi connectivity index (χ2v) is 8.63. The Bertz CT molecular complexity index is 1020. The molecule has 6 nitrogen and oxygen atoms in total. The molecule has 2 heterocycles. The van der Waals surface area contributed by atoms with Gasteiger partial charge in [0, 0.05) is 22.6 Å². The first-order chi connectivity index (χ1) is 13.3. The van der Waals surface area contributed by atoms with Crippen molar-refractivity contribution in [3.8, 4) is 14.9 Å². The number of nitrogens with zero attached hydrogens (tertiary/aromatic N) is 2. The normalized spacial score (nSPS) is 10.9. The zero-order valence-electron chi connectivity index (χ0n) is 14.7. The molecule has 0 saturated heterocycles. The molecule has 0 fully saturated rings. The molecule has 0 aliphatic carbocycles. The van der Waals surface area contributed by atoms with E-state index in [9.17, 15) is 9.59 Å². The smallest absolute Gasteiger partial charge is 0.449 e. The summed E-state index contributed by atoms with van der Waals surface area (Å²) in [7, 11) is 0. The molecule has 3 rings (SSSR count). The summed E-state index contributed by atoms with van der Waals surface area (Å²) in [6.07, 6.45) is 0.185. The largest absolute Gasteiger partial charge is 0.512 e. The van der Waals surface area contributed by atoms with Crippen LogP contribution >= 0.6 is 45.9 Å². The average molecular weight is 457 g/mol. The van der Waals surface area contributed by atoms with E-state index in [1.807, 2.05) is 19.2 Å². The molecule has 1 N–H and O–H groups in total. The van der Waals surface area contributed by atoms with Crippen molar-refractivity contribution in [3.63, 3.8) is 0 Å². The molecule has 146 valence electrons. The van der Waals surface area contributed by atoms with E-state index in [1.165, 1.54) is 28.4 Å². The van der Waals surface area contributed by atoms with Crippen molar-refractivity contribution in [2.75, 3.05) is 4.90 Å². The molecule has 28 heavy (non-hydrogen) atoms. The van der Waals surface area contributed by atoms with Gasteiger partial charge in [-0.25, -0.2) is 9.78 Å². The Kier molecular flexibility index (Phi) is 6.24. The van der Waals surface area contributed by atoms with Crippen molar-refractivity contribution < 1.29 is 19.4 Å². The van der Waals surface area contributed by atoms with Gasteiger partial charge in [0.1, 0.15) is 5.01 Å². The van der Waals surface area contributed by atoms with E-state index >= 15 is 0 Å². The lowest BCUT2D eigenvalue weighted by molar-refractivity contribution is 0.0978. The number of thiazole rings is 1. The predicted octanol–water partition coefficient (Wildman–Crippen LogP) is 6.29. The summed E-state index contributed by atoms with van der Waals surface area (Å²) in [4.78, 5) is 30.8. The molecule has 3 aromatic rings. The molecule has 0 unspecified atom stereocenters. The van der Waals surface area contributed by atoms with Crippen LogP contribution in [0.2, 0.25) is 10.0 Å². The Morgan fingerprint density at radius 2 is 2.00 bits per heavy atom. The molecular formula is C18H14Cl2N2O4S2. The van der Waals surface area contributed by atoms with Gasteiger partial charge < -0.3 is 14.7 Å². The Balaban J connectivity index is 2.10. The maximum Gasteiger partial charge on any atom is 0.512 e. The number of carbonyl (C=O) groups is 2. The molecule has 0 saturated carbocycles. The van der Waals surface area contributed by atoms with E-state index in [0.29, 0.717) is 20.6 Å². The fourth-order valence-corrected chi connectivity index (χ4v) is 4.74. The van der Waals surface area contributed by atoms with Gasteiger partial charge >= 0.3 is 6.16 Å². The number of aromatic nitrogens is 1. The summed E-state index contributed by atoms with van der Waals surface area (Å²) >= 11 is 14.6. The summed E-state index contributed by atoms with van der Waals surface area (Å²) < 4.78 is 4.95. The monoisotopic (exact) mass is 456 g/mol. The summed E-state index contributed by atoms with van der Waals surface area (Å²) in [5.41, 5.74) is 0.589. The van der Waals surface area contributed by atoms with E-state index in [2.05, 4.69) is 4.98 Å². The number of anilines is 1. The third-order valence-electron chi connectivity index (χ3n) is 3.66. The van der Waals surface area contributed by atoms with Crippen LogP contribution in [-0.2, 0) is 0 Å². The third-order valence-corrected chi connectivity index (χ3v) is 6.15. The van der Waals surface area contributed by atoms with Crippen LogP contribution in [0.3, 0.4) is 0 Å². The number of rotatable bonds is 5. The molecular weight excluding hydrogens is 443 g/mol. The highest BCUT2D eigenvalue weighted by Crippen LogP contribution is 2.44. The standard InChI is InChI=1S/C18H14Cl2N2O4S2/c1-9(2)22(16(23)11-4-3-10(19)7-12(11)20)13-8-14(15-21-5-6-27-15)28-17(13)26-18(24)25/h3-9H,1-2H3,(H,24,25). The van der Waals surface area contributed by atoms with Crippen molar-refractivity contribution in [1.29, 1.82) is 0 Å². The summed E-state index contributed by atoms with van der Waals surface area (Å²) in [6.45, 7) is 3.63. The number of halogens is 2. The molecule has 0 atom stereocenters. The summed E-state index contributed by atoms with van der Waals surface area (Å²) in [5, 5.41) is 12.3. The Hall–Kier alpha value is -2.13. The van der Waals surface area contributed by atoms with Crippen molar-refractivity contribution in [3.05, 3.63) is 51.5 Å². The highest BCUT2D eigenvalue weighted by molar-refractivity contribution is 7.22. The third kappa shape index (κ3) is 4.30. The van der Waals surface area contributed by atoms with Gasteiger partial charge in [-0.15, -0.1) is 11.3 Å². The highest BCUT2D eigenvalue weighted by Gasteiger charge is 2.29. The fourth-order valence-electron chi connectivity index (χ4n) is 2.55. The molecule has 10 heteroatoms. The molecule has 0 radical (unpaired) electrons. The average Bonchev–Trinajstić information content (AvgIpc) is 3.24. The minimum absolute atomic E-state index is 0.0878. The summed E-state index contributed by atoms with van der Waals surface area (Å²) in [5.74, 6) is -0.393. The number of benzene rings is 1. The molecule has 0 bridgehead atoms. The van der Waals surface area contributed by atoms with Crippen molar-refractivity contribution >= 4 is 63.6 Å². The first-order valence-electron chi connectivity index (χ1n) is 8.01. The van der Waals surface area contributed by atoms with Gasteiger partial charge in [-0.3, -0.25) is 4.79 Å². The van der Waals surface area contributed by atoms with E-state index in [0.717, 1.165) is 11.3 Å². The van der Waals surface area contributed by atoms with Gasteiger partial charge in [0.05, 0.1) is 21.2 Å². The Labute approximate surface area is 178 Å². The SMILES string of the molecule is CC(C)N(C(=O)c1ccc(Cl)cc1Cl)c1cc(-c2nccs2)sc1OC(=O)O. The number of carbonyl (C=O) groups excluding carboxylic acids is 1. The van der Waals surface area contributed by atoms with Gasteiger partial charge in [0.25, 0.3) is 5.91 Å². The molecule has 0 spiro atoms. The Morgan fingerprint density at radius 1 is 1.25 bits per heavy atom. The Morgan fingerprint density at radius 3 is 2.57 bits per heavy atom. The van der Waals surface area contributed by atoms with Gasteiger partial charge in [-0.05, 0) is 38.1 Å². The zero-order valence-corrected chi connectivity index (χ0v) is 17.8.